The second-order valence-electron chi connectivity index (χ2n) is 4.86. The van der Waals surface area contributed by atoms with E-state index in [0.717, 1.165) is 28.0 Å². The van der Waals surface area contributed by atoms with Gasteiger partial charge in [0.2, 0.25) is 11.8 Å². The number of rotatable bonds is 7. The number of hydrogen-bond acceptors (Lipinski definition) is 5. The number of amides is 3. The monoisotopic (exact) mass is 322 g/mol. The van der Waals surface area contributed by atoms with Gasteiger partial charge in [0.25, 0.3) is 5.24 Å². The van der Waals surface area contributed by atoms with E-state index in [2.05, 4.69) is 5.32 Å². The number of aryl methyl sites for hydroxylation is 1. The second-order valence-corrected chi connectivity index (χ2v) is 5.79. The summed E-state index contributed by atoms with van der Waals surface area (Å²) in [5.74, 6) is 0.548. The molecule has 1 aliphatic rings. The summed E-state index contributed by atoms with van der Waals surface area (Å²) >= 11 is 0.990. The number of nitrogens with one attached hydrogen (secondary N) is 1. The maximum absolute atomic E-state index is 11.6. The third kappa shape index (κ3) is 4.77. The zero-order valence-electron chi connectivity index (χ0n) is 12.3. The van der Waals surface area contributed by atoms with Crippen molar-refractivity contribution < 1.29 is 19.1 Å². The lowest BCUT2D eigenvalue weighted by atomic mass is 10.2. The van der Waals surface area contributed by atoms with E-state index >= 15 is 0 Å². The van der Waals surface area contributed by atoms with Crippen LogP contribution >= 0.6 is 11.8 Å². The predicted octanol–water partition coefficient (Wildman–Crippen LogP) is 1.58. The fraction of sp³-hybridized carbons (Fsp3) is 0.400. The Kier molecular flexibility index (Phi) is 5.83. The van der Waals surface area contributed by atoms with Crippen LogP contribution in [0.5, 0.6) is 5.75 Å². The largest absolute Gasteiger partial charge is 0.493 e. The van der Waals surface area contributed by atoms with E-state index < -0.39 is 0 Å². The predicted molar refractivity (Wildman–Crippen MR) is 83.9 cm³/mol. The number of hydrogen-bond donors (Lipinski definition) is 1. The van der Waals surface area contributed by atoms with Crippen molar-refractivity contribution in [2.24, 2.45) is 0 Å². The van der Waals surface area contributed by atoms with E-state index in [0.29, 0.717) is 0 Å². The zero-order chi connectivity index (χ0) is 15.9. The molecule has 1 fully saturated rings. The average molecular weight is 322 g/mol. The molecule has 6 nitrogen and oxygen atoms in total. The number of carbonyl (C=O) groups excluding carboxylic acids is 3. The van der Waals surface area contributed by atoms with Crippen LogP contribution in [-0.2, 0) is 9.59 Å². The molecule has 0 saturated carbocycles. The van der Waals surface area contributed by atoms with Gasteiger partial charge in [-0.05, 0) is 19.1 Å². The van der Waals surface area contributed by atoms with Gasteiger partial charge in [-0.3, -0.25) is 19.3 Å². The highest BCUT2D eigenvalue weighted by molar-refractivity contribution is 8.14. The van der Waals surface area contributed by atoms with E-state index in [1.54, 1.807) is 0 Å². The van der Waals surface area contributed by atoms with E-state index in [9.17, 15) is 14.4 Å². The van der Waals surface area contributed by atoms with Crippen molar-refractivity contribution in [1.29, 1.82) is 0 Å². The topological polar surface area (TPSA) is 75.7 Å². The van der Waals surface area contributed by atoms with E-state index in [-0.39, 0.29) is 48.9 Å². The molecule has 1 aliphatic heterocycles. The Balaban J connectivity index is 1.61. The van der Waals surface area contributed by atoms with Gasteiger partial charge >= 0.3 is 0 Å². The maximum Gasteiger partial charge on any atom is 0.288 e. The molecule has 0 radical (unpaired) electrons. The van der Waals surface area contributed by atoms with E-state index in [1.807, 2.05) is 31.2 Å². The first kappa shape index (κ1) is 16.4. The highest BCUT2D eigenvalue weighted by atomic mass is 32.2. The number of thioether (sulfide) groups is 1. The Morgan fingerprint density at radius 3 is 2.68 bits per heavy atom. The van der Waals surface area contributed by atoms with Crippen molar-refractivity contribution in [3.63, 3.8) is 0 Å². The van der Waals surface area contributed by atoms with Crippen molar-refractivity contribution in [3.05, 3.63) is 29.8 Å². The summed E-state index contributed by atoms with van der Waals surface area (Å²) in [7, 11) is 0. The fourth-order valence-corrected chi connectivity index (χ4v) is 2.64. The van der Waals surface area contributed by atoms with Gasteiger partial charge in [-0.15, -0.1) is 0 Å². The van der Waals surface area contributed by atoms with Gasteiger partial charge in [-0.2, -0.15) is 0 Å². The van der Waals surface area contributed by atoms with Gasteiger partial charge in [0.15, 0.2) is 0 Å². The Bertz CT molecular complexity index is 543. The molecule has 0 unspecified atom stereocenters. The minimum absolute atomic E-state index is 0.168. The van der Waals surface area contributed by atoms with Crippen LogP contribution in [0.4, 0.5) is 4.79 Å². The van der Waals surface area contributed by atoms with Crippen LogP contribution in [0.1, 0.15) is 12.0 Å². The van der Waals surface area contributed by atoms with Gasteiger partial charge < -0.3 is 10.1 Å². The molecule has 0 atom stereocenters. The molecule has 1 saturated heterocycles. The SMILES string of the molecule is Cc1ccc(OCCC(=O)NCCN2C(=O)CSC2=O)cc1. The summed E-state index contributed by atoms with van der Waals surface area (Å²) < 4.78 is 5.46. The van der Waals surface area contributed by atoms with E-state index in [4.69, 9.17) is 4.74 Å². The number of carbonyl (C=O) groups is 3. The molecule has 1 aromatic rings. The summed E-state index contributed by atoms with van der Waals surface area (Å²) in [6.45, 7) is 2.76. The lowest BCUT2D eigenvalue weighted by molar-refractivity contribution is -0.125. The van der Waals surface area contributed by atoms with Crippen molar-refractivity contribution in [2.45, 2.75) is 13.3 Å². The molecule has 0 aromatic heterocycles. The first-order valence-corrected chi connectivity index (χ1v) is 7.98. The Hall–Kier alpha value is -2.02. The number of imide groups is 1. The molecule has 118 valence electrons. The van der Waals surface area contributed by atoms with Crippen molar-refractivity contribution in [1.82, 2.24) is 10.2 Å². The van der Waals surface area contributed by atoms with Crippen LogP contribution in [-0.4, -0.2) is 47.4 Å². The molecule has 0 spiro atoms. The minimum atomic E-state index is -0.248. The Morgan fingerprint density at radius 2 is 2.05 bits per heavy atom. The normalized spacial score (nSPS) is 14.3. The molecule has 22 heavy (non-hydrogen) atoms. The molecule has 1 heterocycles. The van der Waals surface area contributed by atoms with E-state index in [1.165, 1.54) is 0 Å². The van der Waals surface area contributed by atoms with Gasteiger partial charge in [0.05, 0.1) is 18.8 Å². The van der Waals surface area contributed by atoms with Crippen LogP contribution < -0.4 is 10.1 Å². The lowest BCUT2D eigenvalue weighted by Crippen LogP contribution is -2.37. The zero-order valence-corrected chi connectivity index (χ0v) is 13.1. The van der Waals surface area contributed by atoms with Crippen molar-refractivity contribution in [3.8, 4) is 5.75 Å². The molecule has 0 aliphatic carbocycles. The van der Waals surface area contributed by atoms with Crippen LogP contribution in [0.2, 0.25) is 0 Å². The molecule has 3 amide bonds. The molecule has 0 bridgehead atoms. The first-order valence-electron chi connectivity index (χ1n) is 6.99. The summed E-state index contributed by atoms with van der Waals surface area (Å²) in [4.78, 5) is 35.5. The average Bonchev–Trinajstić information content (AvgIpc) is 2.81. The highest BCUT2D eigenvalue weighted by Crippen LogP contribution is 2.17. The van der Waals surface area contributed by atoms with Gasteiger partial charge in [0, 0.05) is 13.1 Å². The summed E-state index contributed by atoms with van der Waals surface area (Å²) in [6.07, 6.45) is 0.227. The van der Waals surface area contributed by atoms with Crippen LogP contribution in [0, 0.1) is 6.92 Å². The fourth-order valence-electron chi connectivity index (χ4n) is 1.89. The Morgan fingerprint density at radius 1 is 1.32 bits per heavy atom. The molecule has 1 aromatic carbocycles. The number of benzene rings is 1. The van der Waals surface area contributed by atoms with Crippen LogP contribution in [0.25, 0.3) is 0 Å². The van der Waals surface area contributed by atoms with Crippen molar-refractivity contribution >= 4 is 28.8 Å². The molecular formula is C15H18N2O4S. The third-order valence-corrected chi connectivity index (χ3v) is 3.98. The van der Waals surface area contributed by atoms with Crippen LogP contribution in [0.15, 0.2) is 24.3 Å². The van der Waals surface area contributed by atoms with Gasteiger partial charge in [-0.25, -0.2) is 0 Å². The number of nitrogens with zero attached hydrogens (tertiary/aromatic N) is 1. The van der Waals surface area contributed by atoms with Crippen molar-refractivity contribution in [2.75, 3.05) is 25.4 Å². The third-order valence-electron chi connectivity index (χ3n) is 3.12. The molecule has 1 N–H and O–H groups in total. The maximum atomic E-state index is 11.6. The number of ether oxygens (including phenoxy) is 1. The smallest absolute Gasteiger partial charge is 0.288 e. The first-order chi connectivity index (χ1) is 10.6. The standard InChI is InChI=1S/C15H18N2O4S/c1-11-2-4-12(5-3-11)21-9-6-13(18)16-7-8-17-14(19)10-22-15(17)20/h2-5H,6-10H2,1H3,(H,16,18). The lowest BCUT2D eigenvalue weighted by Gasteiger charge is -2.13. The molecular weight excluding hydrogens is 304 g/mol. The van der Waals surface area contributed by atoms with Crippen LogP contribution in [0.3, 0.4) is 0 Å². The summed E-state index contributed by atoms with van der Waals surface area (Å²) in [5.41, 5.74) is 1.15. The minimum Gasteiger partial charge on any atom is -0.493 e. The van der Waals surface area contributed by atoms with Gasteiger partial charge in [-0.1, -0.05) is 29.5 Å². The quantitative estimate of drug-likeness (QED) is 0.825. The van der Waals surface area contributed by atoms with Gasteiger partial charge in [0.1, 0.15) is 5.75 Å². The summed E-state index contributed by atoms with van der Waals surface area (Å²) in [5, 5.41) is 2.42. The molecule has 2 rings (SSSR count). The Labute approximate surface area is 133 Å². The second kappa shape index (κ2) is 7.84. The highest BCUT2D eigenvalue weighted by Gasteiger charge is 2.29. The molecule has 7 heteroatoms. The summed E-state index contributed by atoms with van der Waals surface area (Å²) in [6, 6.07) is 7.60.